The summed E-state index contributed by atoms with van der Waals surface area (Å²) in [5.41, 5.74) is 2.48. The molecule has 5 rings (SSSR count). The van der Waals surface area contributed by atoms with Crippen LogP contribution >= 0.6 is 11.3 Å². The summed E-state index contributed by atoms with van der Waals surface area (Å²) in [5.74, 6) is 1.10. The standard InChI is InChI=1S/C23H27N5OS/c1-15-24-13-21(30-15)16-6-7-18(20(29)12-16)19-8-9-22(27-26-19)28-11-10-23(2,14-28)25-17-4-3-5-17/h6-9,12-13,17,25,29H,3-5,10-11,14H2,1-2H3. The molecule has 0 bridgehead atoms. The van der Waals surface area contributed by atoms with Crippen LogP contribution in [0.5, 0.6) is 5.75 Å². The number of phenols is 1. The van der Waals surface area contributed by atoms with Crippen LogP contribution in [0, 0.1) is 6.92 Å². The van der Waals surface area contributed by atoms with Gasteiger partial charge in [0.1, 0.15) is 5.75 Å². The molecule has 2 fully saturated rings. The number of phenolic OH excluding ortho intramolecular Hbond substituents is 1. The molecule has 2 aromatic heterocycles. The van der Waals surface area contributed by atoms with Crippen LogP contribution in [-0.2, 0) is 0 Å². The van der Waals surface area contributed by atoms with Gasteiger partial charge < -0.3 is 15.3 Å². The SMILES string of the molecule is Cc1ncc(-c2ccc(-c3ccc(N4CCC(C)(NC5CCC5)C4)nn3)c(O)c2)s1. The molecule has 0 amide bonds. The summed E-state index contributed by atoms with van der Waals surface area (Å²) in [4.78, 5) is 7.64. The lowest BCUT2D eigenvalue weighted by atomic mass is 9.89. The molecule has 2 N–H and O–H groups in total. The number of aryl methyl sites for hydroxylation is 1. The lowest BCUT2D eigenvalue weighted by Crippen LogP contribution is -2.52. The van der Waals surface area contributed by atoms with Gasteiger partial charge in [0.2, 0.25) is 0 Å². The van der Waals surface area contributed by atoms with E-state index in [0.29, 0.717) is 17.3 Å². The molecular weight excluding hydrogens is 394 g/mol. The van der Waals surface area contributed by atoms with Crippen LogP contribution in [0.2, 0.25) is 0 Å². The first-order valence-electron chi connectivity index (χ1n) is 10.6. The summed E-state index contributed by atoms with van der Waals surface area (Å²) in [7, 11) is 0. The van der Waals surface area contributed by atoms with Crippen molar-refractivity contribution in [2.75, 3.05) is 18.0 Å². The Bertz CT molecular complexity index is 1050. The Morgan fingerprint density at radius 2 is 2.07 bits per heavy atom. The Balaban J connectivity index is 1.30. The minimum Gasteiger partial charge on any atom is -0.507 e. The Morgan fingerprint density at radius 1 is 1.20 bits per heavy atom. The second-order valence-corrected chi connectivity index (χ2v) is 9.99. The second-order valence-electron chi connectivity index (χ2n) is 8.76. The predicted octanol–water partition coefficient (Wildman–Crippen LogP) is 4.39. The third-order valence-corrected chi connectivity index (χ3v) is 7.25. The molecule has 30 heavy (non-hydrogen) atoms. The molecule has 1 aliphatic carbocycles. The number of aromatic nitrogens is 3. The van der Waals surface area contributed by atoms with Crippen molar-refractivity contribution in [1.29, 1.82) is 0 Å². The van der Waals surface area contributed by atoms with Gasteiger partial charge in [-0.2, -0.15) is 0 Å². The predicted molar refractivity (Wildman–Crippen MR) is 121 cm³/mol. The summed E-state index contributed by atoms with van der Waals surface area (Å²) in [5, 5.41) is 24.3. The Labute approximate surface area is 181 Å². The fourth-order valence-electron chi connectivity index (χ4n) is 4.35. The number of anilines is 1. The maximum absolute atomic E-state index is 10.6. The Hall–Kier alpha value is -2.51. The van der Waals surface area contributed by atoms with Gasteiger partial charge >= 0.3 is 0 Å². The first-order valence-corrected chi connectivity index (χ1v) is 11.4. The van der Waals surface area contributed by atoms with E-state index in [9.17, 15) is 5.11 Å². The van der Waals surface area contributed by atoms with E-state index >= 15 is 0 Å². The zero-order valence-corrected chi connectivity index (χ0v) is 18.2. The average molecular weight is 422 g/mol. The highest BCUT2D eigenvalue weighted by atomic mass is 32.1. The highest BCUT2D eigenvalue weighted by molar-refractivity contribution is 7.15. The van der Waals surface area contributed by atoms with Gasteiger partial charge in [-0.3, -0.25) is 0 Å². The molecule has 156 valence electrons. The Kier molecular flexibility index (Phi) is 4.95. The average Bonchev–Trinajstić information content (AvgIpc) is 3.32. The number of rotatable bonds is 5. The van der Waals surface area contributed by atoms with Crippen LogP contribution in [0.4, 0.5) is 5.82 Å². The maximum atomic E-state index is 10.6. The van der Waals surface area contributed by atoms with Crippen molar-refractivity contribution in [3.63, 3.8) is 0 Å². The smallest absolute Gasteiger partial charge is 0.151 e. The normalized spacial score (nSPS) is 21.7. The van der Waals surface area contributed by atoms with E-state index in [0.717, 1.165) is 40.8 Å². The van der Waals surface area contributed by atoms with Crippen LogP contribution < -0.4 is 10.2 Å². The van der Waals surface area contributed by atoms with Gasteiger partial charge in [-0.25, -0.2) is 4.98 Å². The fourth-order valence-corrected chi connectivity index (χ4v) is 5.13. The van der Waals surface area contributed by atoms with E-state index in [1.807, 2.05) is 37.4 Å². The topological polar surface area (TPSA) is 74.2 Å². The molecule has 1 aliphatic heterocycles. The van der Waals surface area contributed by atoms with E-state index in [-0.39, 0.29) is 11.3 Å². The third kappa shape index (κ3) is 3.79. The van der Waals surface area contributed by atoms with E-state index in [1.165, 1.54) is 19.3 Å². The molecule has 1 aromatic carbocycles. The van der Waals surface area contributed by atoms with Crippen molar-refractivity contribution in [3.8, 4) is 27.4 Å². The van der Waals surface area contributed by atoms with E-state index in [1.54, 1.807) is 17.4 Å². The molecule has 1 saturated heterocycles. The number of nitrogens with one attached hydrogen (secondary N) is 1. The van der Waals surface area contributed by atoms with Gasteiger partial charge in [-0.1, -0.05) is 12.5 Å². The fraction of sp³-hybridized carbons (Fsp3) is 0.435. The third-order valence-electron chi connectivity index (χ3n) is 6.29. The molecule has 1 unspecified atom stereocenters. The van der Waals surface area contributed by atoms with Crippen molar-refractivity contribution in [2.24, 2.45) is 0 Å². The monoisotopic (exact) mass is 421 g/mol. The van der Waals surface area contributed by atoms with Gasteiger partial charge in [-0.05, 0) is 62.9 Å². The van der Waals surface area contributed by atoms with Gasteiger partial charge in [-0.15, -0.1) is 21.5 Å². The largest absolute Gasteiger partial charge is 0.507 e. The first kappa shape index (κ1) is 19.5. The lowest BCUT2D eigenvalue weighted by molar-refractivity contribution is 0.253. The summed E-state index contributed by atoms with van der Waals surface area (Å²) < 4.78 is 0. The lowest BCUT2D eigenvalue weighted by Gasteiger charge is -2.36. The van der Waals surface area contributed by atoms with Crippen LogP contribution in [0.25, 0.3) is 21.7 Å². The molecule has 1 atom stereocenters. The van der Waals surface area contributed by atoms with Crippen molar-refractivity contribution in [3.05, 3.63) is 41.5 Å². The van der Waals surface area contributed by atoms with Crippen LogP contribution in [-0.4, -0.2) is 45.0 Å². The minimum atomic E-state index is 0.147. The molecule has 3 aromatic rings. The number of benzene rings is 1. The number of thiazole rings is 1. The summed E-state index contributed by atoms with van der Waals surface area (Å²) in [6.45, 7) is 6.23. The quantitative estimate of drug-likeness (QED) is 0.636. The van der Waals surface area contributed by atoms with Gasteiger partial charge in [0, 0.05) is 36.4 Å². The van der Waals surface area contributed by atoms with Gasteiger partial charge in [0.25, 0.3) is 0 Å². The highest BCUT2D eigenvalue weighted by Gasteiger charge is 2.37. The van der Waals surface area contributed by atoms with Crippen LogP contribution in [0.1, 0.15) is 37.6 Å². The zero-order chi connectivity index (χ0) is 20.7. The number of hydrogen-bond acceptors (Lipinski definition) is 7. The van der Waals surface area contributed by atoms with Crippen molar-refractivity contribution < 1.29 is 5.11 Å². The van der Waals surface area contributed by atoms with Crippen molar-refractivity contribution >= 4 is 17.2 Å². The molecule has 1 saturated carbocycles. The maximum Gasteiger partial charge on any atom is 0.151 e. The molecular formula is C23H27N5OS. The van der Waals surface area contributed by atoms with E-state index in [4.69, 9.17) is 0 Å². The van der Waals surface area contributed by atoms with Crippen molar-refractivity contribution in [1.82, 2.24) is 20.5 Å². The van der Waals surface area contributed by atoms with E-state index < -0.39 is 0 Å². The summed E-state index contributed by atoms with van der Waals surface area (Å²) in [6, 6.07) is 10.3. The summed E-state index contributed by atoms with van der Waals surface area (Å²) >= 11 is 1.61. The van der Waals surface area contributed by atoms with Crippen LogP contribution in [0.3, 0.4) is 0 Å². The van der Waals surface area contributed by atoms with Gasteiger partial charge in [0.05, 0.1) is 15.6 Å². The molecule has 6 nitrogen and oxygen atoms in total. The van der Waals surface area contributed by atoms with Crippen LogP contribution in [0.15, 0.2) is 36.5 Å². The second kappa shape index (κ2) is 7.63. The number of hydrogen-bond donors (Lipinski definition) is 2. The van der Waals surface area contributed by atoms with E-state index in [2.05, 4.69) is 32.3 Å². The minimum absolute atomic E-state index is 0.147. The molecule has 0 radical (unpaired) electrons. The highest BCUT2D eigenvalue weighted by Crippen LogP contribution is 2.35. The van der Waals surface area contributed by atoms with Crippen molar-refractivity contribution in [2.45, 2.75) is 51.1 Å². The zero-order valence-electron chi connectivity index (χ0n) is 17.4. The molecule has 3 heterocycles. The number of nitrogens with zero attached hydrogens (tertiary/aromatic N) is 4. The first-order chi connectivity index (χ1) is 14.5. The number of aromatic hydroxyl groups is 1. The van der Waals surface area contributed by atoms with Gasteiger partial charge in [0.15, 0.2) is 5.82 Å². The molecule has 7 heteroatoms. The molecule has 0 spiro atoms. The summed E-state index contributed by atoms with van der Waals surface area (Å²) in [6.07, 6.45) is 6.91. The molecule has 2 aliphatic rings. The Morgan fingerprint density at radius 3 is 2.70 bits per heavy atom.